The molecule has 0 radical (unpaired) electrons. The number of hydrogen-bond donors (Lipinski definition) is 0. The van der Waals surface area contributed by atoms with Crippen LogP contribution in [0, 0.1) is 5.82 Å². The third-order valence-corrected chi connectivity index (χ3v) is 16.3. The fourth-order valence-electron chi connectivity index (χ4n) is 8.77. The monoisotopic (exact) mass is 747 g/mol. The molecule has 0 fully saturated rings. The van der Waals surface area contributed by atoms with Crippen LogP contribution in [0.4, 0.5) is 21.5 Å². The molecule has 270 valence electrons. The molecule has 9 aromatic rings. The summed E-state index contributed by atoms with van der Waals surface area (Å²) in [4.78, 5) is 2.31. The van der Waals surface area contributed by atoms with Crippen molar-refractivity contribution in [1.82, 2.24) is 0 Å². The average molecular weight is 748 g/mol. The second kappa shape index (κ2) is 14.5. The van der Waals surface area contributed by atoms with Gasteiger partial charge in [0.05, 0.1) is 0 Å². The van der Waals surface area contributed by atoms with Gasteiger partial charge in [-0.25, -0.2) is 4.39 Å². The lowest BCUT2D eigenvalue weighted by Gasteiger charge is -2.31. The van der Waals surface area contributed by atoms with E-state index in [2.05, 4.69) is 205 Å². The van der Waals surface area contributed by atoms with Crippen molar-refractivity contribution in [3.8, 4) is 44.5 Å². The van der Waals surface area contributed by atoms with E-state index in [4.69, 9.17) is 0 Å². The molecule has 0 atom stereocenters. The SMILES string of the molecule is Fc1ccc2c(c1)-c1cc(-c3ccc(N(c4ccc(-c5ccccc5)cc4)c4ccc(-c5ccccc5)cc4)cc3)ccc1[Si]2(c1ccccc1)c1ccccc1. The molecule has 3 heteroatoms. The highest BCUT2D eigenvalue weighted by molar-refractivity contribution is 7.22. The Morgan fingerprint density at radius 2 is 0.632 bits per heavy atom. The van der Waals surface area contributed by atoms with E-state index >= 15 is 4.39 Å². The summed E-state index contributed by atoms with van der Waals surface area (Å²) >= 11 is 0. The van der Waals surface area contributed by atoms with Crippen molar-refractivity contribution in [1.29, 1.82) is 0 Å². The van der Waals surface area contributed by atoms with E-state index in [0.29, 0.717) is 0 Å². The van der Waals surface area contributed by atoms with E-state index in [9.17, 15) is 0 Å². The standard InChI is InChI=1S/C54H38FNSi/c55-45-28-36-54-52(38-45)51-37-44(27-35-53(51)57(54,49-17-9-3-10-18-49)50-19-11-4-12-20-50)43-25-33-48(34-26-43)56(46-29-21-41(22-30-46)39-13-5-1-6-14-39)47-31-23-42(24-32-47)40-15-7-2-8-16-40/h1-38H. The number of benzene rings is 9. The van der Waals surface area contributed by atoms with Gasteiger partial charge < -0.3 is 4.90 Å². The minimum atomic E-state index is -2.70. The number of rotatable bonds is 8. The minimum Gasteiger partial charge on any atom is -0.311 e. The van der Waals surface area contributed by atoms with Gasteiger partial charge in [-0.3, -0.25) is 0 Å². The maximum absolute atomic E-state index is 15.2. The molecule has 0 aromatic heterocycles. The van der Waals surface area contributed by atoms with E-state index in [-0.39, 0.29) is 5.82 Å². The number of hydrogen-bond acceptors (Lipinski definition) is 1. The van der Waals surface area contributed by atoms with E-state index in [1.807, 2.05) is 18.2 Å². The number of nitrogens with zero attached hydrogens (tertiary/aromatic N) is 1. The first-order chi connectivity index (χ1) is 28.2. The van der Waals surface area contributed by atoms with Crippen molar-refractivity contribution in [2.75, 3.05) is 4.90 Å². The summed E-state index contributed by atoms with van der Waals surface area (Å²) in [6, 6.07) is 81.4. The van der Waals surface area contributed by atoms with Gasteiger partial charge in [-0.15, -0.1) is 0 Å². The number of halogens is 1. The summed E-state index contributed by atoms with van der Waals surface area (Å²) < 4.78 is 15.2. The second-order valence-electron chi connectivity index (χ2n) is 14.6. The molecule has 57 heavy (non-hydrogen) atoms. The predicted octanol–water partition coefficient (Wildman–Crippen LogP) is 11.7. The molecular formula is C54H38FNSi. The van der Waals surface area contributed by atoms with Crippen LogP contribution < -0.4 is 25.6 Å². The average Bonchev–Trinajstić information content (AvgIpc) is 3.58. The van der Waals surface area contributed by atoms with Crippen LogP contribution in [-0.2, 0) is 0 Å². The lowest BCUT2D eigenvalue weighted by Crippen LogP contribution is -2.72. The Morgan fingerprint density at radius 3 is 1.07 bits per heavy atom. The third-order valence-electron chi connectivity index (χ3n) is 11.4. The second-order valence-corrected chi connectivity index (χ2v) is 18.4. The maximum Gasteiger partial charge on any atom is 0.180 e. The molecule has 0 aliphatic carbocycles. The molecule has 1 aliphatic heterocycles. The highest BCUT2D eigenvalue weighted by atomic mass is 28.3. The highest BCUT2D eigenvalue weighted by Gasteiger charge is 2.48. The fraction of sp³-hybridized carbons (Fsp3) is 0. The minimum absolute atomic E-state index is 0.214. The van der Waals surface area contributed by atoms with Crippen LogP contribution in [0.15, 0.2) is 231 Å². The van der Waals surface area contributed by atoms with Gasteiger partial charge in [-0.05, 0) is 120 Å². The van der Waals surface area contributed by atoms with Crippen LogP contribution in [0.1, 0.15) is 0 Å². The van der Waals surface area contributed by atoms with Gasteiger partial charge >= 0.3 is 0 Å². The van der Waals surface area contributed by atoms with E-state index in [1.165, 1.54) is 43.0 Å². The first-order valence-electron chi connectivity index (χ1n) is 19.4. The summed E-state index contributed by atoms with van der Waals surface area (Å²) in [6.45, 7) is 0. The topological polar surface area (TPSA) is 3.24 Å². The molecule has 0 amide bonds. The molecule has 0 saturated heterocycles. The predicted molar refractivity (Wildman–Crippen MR) is 240 cm³/mol. The largest absolute Gasteiger partial charge is 0.311 e. The first kappa shape index (κ1) is 34.4. The Labute approximate surface area is 334 Å². The lowest BCUT2D eigenvalue weighted by molar-refractivity contribution is 0.629. The summed E-state index contributed by atoms with van der Waals surface area (Å²) in [5.41, 5.74) is 12.3. The summed E-state index contributed by atoms with van der Waals surface area (Å²) in [7, 11) is -2.70. The summed E-state index contributed by atoms with van der Waals surface area (Å²) in [6.07, 6.45) is 0. The molecule has 9 aromatic carbocycles. The van der Waals surface area contributed by atoms with E-state index in [1.54, 1.807) is 12.1 Å². The van der Waals surface area contributed by atoms with Gasteiger partial charge in [-0.2, -0.15) is 0 Å². The third kappa shape index (κ3) is 6.10. The normalized spacial score (nSPS) is 12.4. The van der Waals surface area contributed by atoms with Gasteiger partial charge in [-0.1, -0.05) is 176 Å². The Kier molecular flexibility index (Phi) is 8.78. The Morgan fingerprint density at radius 1 is 0.298 bits per heavy atom. The quantitative estimate of drug-likeness (QED) is 0.140. The smallest absolute Gasteiger partial charge is 0.180 e. The Balaban J connectivity index is 1.06. The first-order valence-corrected chi connectivity index (χ1v) is 21.4. The van der Waals surface area contributed by atoms with Crippen LogP contribution in [0.5, 0.6) is 0 Å². The Bertz CT molecular complexity index is 2680. The molecule has 0 spiro atoms. The zero-order chi connectivity index (χ0) is 38.2. The fourth-order valence-corrected chi connectivity index (χ4v) is 13.9. The van der Waals surface area contributed by atoms with Crippen molar-refractivity contribution in [2.24, 2.45) is 0 Å². The van der Waals surface area contributed by atoms with Crippen molar-refractivity contribution >= 4 is 45.9 Å². The van der Waals surface area contributed by atoms with Crippen molar-refractivity contribution in [3.63, 3.8) is 0 Å². The zero-order valence-corrected chi connectivity index (χ0v) is 32.3. The molecule has 0 N–H and O–H groups in total. The molecule has 0 saturated carbocycles. The van der Waals surface area contributed by atoms with Crippen LogP contribution in [0.3, 0.4) is 0 Å². The van der Waals surface area contributed by atoms with Crippen LogP contribution in [0.2, 0.25) is 0 Å². The molecule has 1 heterocycles. The lowest BCUT2D eigenvalue weighted by atomic mass is 9.98. The molecule has 0 unspecified atom stereocenters. The van der Waals surface area contributed by atoms with Gasteiger partial charge in [0.15, 0.2) is 8.07 Å². The van der Waals surface area contributed by atoms with Gasteiger partial charge in [0.25, 0.3) is 0 Å². The van der Waals surface area contributed by atoms with Gasteiger partial charge in [0, 0.05) is 17.1 Å². The van der Waals surface area contributed by atoms with Crippen LogP contribution in [0.25, 0.3) is 44.5 Å². The molecule has 1 aliphatic rings. The van der Waals surface area contributed by atoms with E-state index < -0.39 is 8.07 Å². The molecule has 10 rings (SSSR count). The summed E-state index contributed by atoms with van der Waals surface area (Å²) in [5, 5.41) is 5.13. The van der Waals surface area contributed by atoms with Crippen LogP contribution in [-0.4, -0.2) is 8.07 Å². The maximum atomic E-state index is 15.2. The van der Waals surface area contributed by atoms with Crippen molar-refractivity contribution in [3.05, 3.63) is 236 Å². The van der Waals surface area contributed by atoms with Crippen LogP contribution >= 0.6 is 0 Å². The number of anilines is 3. The van der Waals surface area contributed by atoms with Crippen molar-refractivity contribution < 1.29 is 4.39 Å². The number of fused-ring (bicyclic) bond motifs is 3. The van der Waals surface area contributed by atoms with E-state index in [0.717, 1.165) is 39.3 Å². The van der Waals surface area contributed by atoms with Gasteiger partial charge in [0.1, 0.15) is 5.82 Å². The molecule has 1 nitrogen and oxygen atoms in total. The molecule has 0 bridgehead atoms. The van der Waals surface area contributed by atoms with Gasteiger partial charge in [0.2, 0.25) is 0 Å². The van der Waals surface area contributed by atoms with Crippen molar-refractivity contribution in [2.45, 2.75) is 0 Å². The Hall–Kier alpha value is -7.07. The highest BCUT2D eigenvalue weighted by Crippen LogP contribution is 2.39. The summed E-state index contributed by atoms with van der Waals surface area (Å²) in [5.74, 6) is -0.214. The molecular weight excluding hydrogens is 710 g/mol. The zero-order valence-electron chi connectivity index (χ0n) is 31.3.